The van der Waals surface area contributed by atoms with E-state index in [9.17, 15) is 19.5 Å². The summed E-state index contributed by atoms with van der Waals surface area (Å²) in [6.45, 7) is 2.70. The molecule has 0 aliphatic carbocycles. The van der Waals surface area contributed by atoms with Gasteiger partial charge >= 0.3 is 11.9 Å². The lowest BCUT2D eigenvalue weighted by atomic mass is 9.94. The second kappa shape index (κ2) is 12.6. The van der Waals surface area contributed by atoms with E-state index in [2.05, 4.69) is 13.0 Å². The molecule has 1 atom stereocenters. The summed E-state index contributed by atoms with van der Waals surface area (Å²) in [6.07, 6.45) is 4.69. The summed E-state index contributed by atoms with van der Waals surface area (Å²) in [5, 5.41) is 18.1. The third kappa shape index (κ3) is 8.17. The van der Waals surface area contributed by atoms with E-state index in [1.54, 1.807) is 4.90 Å². The molecule has 0 saturated carbocycles. The van der Waals surface area contributed by atoms with Gasteiger partial charge in [-0.25, -0.2) is 0 Å². The van der Waals surface area contributed by atoms with Crippen molar-refractivity contribution in [2.75, 3.05) is 7.05 Å². The second-order valence-electron chi connectivity index (χ2n) is 8.29. The van der Waals surface area contributed by atoms with Gasteiger partial charge in [-0.3, -0.25) is 14.4 Å². The number of rotatable bonds is 13. The maximum Gasteiger partial charge on any atom is 0.307 e. The van der Waals surface area contributed by atoms with Crippen LogP contribution in [0.15, 0.2) is 48.5 Å². The van der Waals surface area contributed by atoms with Crippen LogP contribution >= 0.6 is 0 Å². The van der Waals surface area contributed by atoms with E-state index in [1.165, 1.54) is 0 Å². The van der Waals surface area contributed by atoms with Crippen LogP contribution in [0.3, 0.4) is 0 Å². The average Bonchev–Trinajstić information content (AvgIpc) is 2.76. The Bertz CT molecular complexity index is 907. The van der Waals surface area contributed by atoms with Crippen LogP contribution in [0, 0.1) is 5.92 Å². The third-order valence-corrected chi connectivity index (χ3v) is 5.56. The minimum absolute atomic E-state index is 0.158. The summed E-state index contributed by atoms with van der Waals surface area (Å²) in [5.41, 5.74) is 3.82. The van der Waals surface area contributed by atoms with Crippen molar-refractivity contribution in [2.45, 2.75) is 58.4 Å². The highest BCUT2D eigenvalue weighted by molar-refractivity contribution is 5.78. The molecule has 0 aliphatic heterocycles. The lowest BCUT2D eigenvalue weighted by molar-refractivity contribution is -0.148. The molecule has 32 heavy (non-hydrogen) atoms. The van der Waals surface area contributed by atoms with Gasteiger partial charge < -0.3 is 15.1 Å². The van der Waals surface area contributed by atoms with Gasteiger partial charge in [0.15, 0.2) is 0 Å². The number of nitrogens with zero attached hydrogens (tertiary/aromatic N) is 1. The Morgan fingerprint density at radius 2 is 1.62 bits per heavy atom. The van der Waals surface area contributed by atoms with Gasteiger partial charge in [-0.15, -0.1) is 0 Å². The molecule has 2 N–H and O–H groups in total. The molecule has 1 unspecified atom stereocenters. The molecule has 0 aromatic heterocycles. The Labute approximate surface area is 189 Å². The Hall–Kier alpha value is -3.15. The summed E-state index contributed by atoms with van der Waals surface area (Å²) >= 11 is 0. The quantitative estimate of drug-likeness (QED) is 0.428. The summed E-state index contributed by atoms with van der Waals surface area (Å²) in [6, 6.07) is 15.5. The molecular formula is C26H33NO5. The molecule has 2 aromatic rings. The second-order valence-corrected chi connectivity index (χ2v) is 8.29. The summed E-state index contributed by atoms with van der Waals surface area (Å²) < 4.78 is 0. The normalized spacial score (nSPS) is 11.7. The van der Waals surface area contributed by atoms with Crippen LogP contribution < -0.4 is 0 Å². The number of carboxylic acids is 2. The molecule has 0 spiro atoms. The molecule has 6 heteroatoms. The van der Waals surface area contributed by atoms with Crippen molar-refractivity contribution in [3.63, 3.8) is 0 Å². The van der Waals surface area contributed by atoms with Crippen molar-refractivity contribution in [1.29, 1.82) is 0 Å². The van der Waals surface area contributed by atoms with Crippen LogP contribution in [0.2, 0.25) is 0 Å². The van der Waals surface area contributed by atoms with E-state index in [0.29, 0.717) is 13.0 Å². The number of carbonyl (C=O) groups excluding carboxylic acids is 1. The summed E-state index contributed by atoms with van der Waals surface area (Å²) in [5.74, 6) is -3.01. The number of carboxylic acid groups (broad SMARTS) is 2. The first kappa shape index (κ1) is 25.1. The van der Waals surface area contributed by atoms with E-state index in [4.69, 9.17) is 5.11 Å². The molecule has 0 bridgehead atoms. The van der Waals surface area contributed by atoms with Crippen molar-refractivity contribution in [3.8, 4) is 11.1 Å². The van der Waals surface area contributed by atoms with Gasteiger partial charge in [0.2, 0.25) is 5.91 Å². The fraction of sp³-hybridized carbons (Fsp3) is 0.423. The molecule has 0 heterocycles. The van der Waals surface area contributed by atoms with Gasteiger partial charge in [-0.05, 0) is 41.2 Å². The van der Waals surface area contributed by atoms with Gasteiger partial charge in [0, 0.05) is 20.0 Å². The molecule has 2 rings (SSSR count). The highest BCUT2D eigenvalue weighted by atomic mass is 16.4. The number of hydrogen-bond acceptors (Lipinski definition) is 3. The first-order chi connectivity index (χ1) is 15.3. The molecule has 0 aliphatic rings. The zero-order valence-corrected chi connectivity index (χ0v) is 18.9. The largest absolute Gasteiger partial charge is 0.481 e. The molecule has 0 radical (unpaired) electrons. The number of unbranched alkanes of at least 4 members (excludes halogenated alkanes) is 3. The minimum Gasteiger partial charge on any atom is -0.481 e. The first-order valence-corrected chi connectivity index (χ1v) is 11.2. The van der Waals surface area contributed by atoms with E-state index < -0.39 is 24.3 Å². The zero-order valence-electron chi connectivity index (χ0n) is 18.9. The third-order valence-electron chi connectivity index (χ3n) is 5.56. The van der Waals surface area contributed by atoms with Crippen LogP contribution in [0.25, 0.3) is 11.1 Å². The Balaban J connectivity index is 2.01. The summed E-state index contributed by atoms with van der Waals surface area (Å²) in [7, 11) is 1.83. The molecular weight excluding hydrogens is 406 g/mol. The molecule has 0 saturated heterocycles. The lowest BCUT2D eigenvalue weighted by Gasteiger charge is -2.18. The first-order valence-electron chi connectivity index (χ1n) is 11.2. The molecule has 6 nitrogen and oxygen atoms in total. The standard InChI is InChI=1S/C26H33NO5/c1-3-4-5-6-10-24(28)27(2)18-20-8-7-9-22(16-20)21-13-11-19(12-14-21)15-23(26(31)32)17-25(29)30/h7-9,11-14,16,23H,3-6,10,15,17-18H2,1-2H3,(H,29,30)(H,31,32). The molecule has 0 fully saturated rings. The predicted octanol–water partition coefficient (Wildman–Crippen LogP) is 5.00. The van der Waals surface area contributed by atoms with Crippen LogP contribution in [-0.4, -0.2) is 40.0 Å². The SMILES string of the molecule is CCCCCCC(=O)N(C)Cc1cccc(-c2ccc(CC(CC(=O)O)C(=O)O)cc2)c1. The number of aliphatic carboxylic acids is 2. The van der Waals surface area contributed by atoms with Crippen LogP contribution in [0.5, 0.6) is 0 Å². The summed E-state index contributed by atoms with van der Waals surface area (Å²) in [4.78, 5) is 36.3. The predicted molar refractivity (Wildman–Crippen MR) is 124 cm³/mol. The maximum absolute atomic E-state index is 12.4. The number of benzene rings is 2. The highest BCUT2D eigenvalue weighted by Crippen LogP contribution is 2.23. The number of carbonyl (C=O) groups is 3. The fourth-order valence-corrected chi connectivity index (χ4v) is 3.68. The Morgan fingerprint density at radius 3 is 2.25 bits per heavy atom. The Kier molecular flexibility index (Phi) is 9.92. The molecule has 1 amide bonds. The van der Waals surface area contributed by atoms with Crippen molar-refractivity contribution < 1.29 is 24.6 Å². The Morgan fingerprint density at radius 1 is 0.906 bits per heavy atom. The van der Waals surface area contributed by atoms with Crippen LogP contribution in [-0.2, 0) is 27.3 Å². The van der Waals surface area contributed by atoms with Crippen molar-refractivity contribution >= 4 is 17.8 Å². The van der Waals surface area contributed by atoms with Crippen molar-refractivity contribution in [1.82, 2.24) is 4.90 Å². The number of hydrogen-bond donors (Lipinski definition) is 2. The van der Waals surface area contributed by atoms with Gasteiger partial charge in [0.25, 0.3) is 0 Å². The van der Waals surface area contributed by atoms with Crippen molar-refractivity contribution in [3.05, 3.63) is 59.7 Å². The topological polar surface area (TPSA) is 94.9 Å². The zero-order chi connectivity index (χ0) is 23.5. The van der Waals surface area contributed by atoms with E-state index in [1.807, 2.05) is 49.5 Å². The van der Waals surface area contributed by atoms with Crippen LogP contribution in [0.4, 0.5) is 0 Å². The van der Waals surface area contributed by atoms with E-state index >= 15 is 0 Å². The van der Waals surface area contributed by atoms with Crippen molar-refractivity contribution in [2.24, 2.45) is 5.92 Å². The van der Waals surface area contributed by atoms with E-state index in [0.717, 1.165) is 47.9 Å². The smallest absolute Gasteiger partial charge is 0.307 e. The lowest BCUT2D eigenvalue weighted by Crippen LogP contribution is -2.25. The highest BCUT2D eigenvalue weighted by Gasteiger charge is 2.21. The maximum atomic E-state index is 12.4. The molecule has 2 aromatic carbocycles. The molecule has 172 valence electrons. The average molecular weight is 440 g/mol. The van der Waals surface area contributed by atoms with Gasteiger partial charge in [-0.1, -0.05) is 68.7 Å². The monoisotopic (exact) mass is 439 g/mol. The van der Waals surface area contributed by atoms with Gasteiger partial charge in [0.05, 0.1) is 12.3 Å². The number of amides is 1. The van der Waals surface area contributed by atoms with Gasteiger partial charge in [-0.2, -0.15) is 0 Å². The minimum atomic E-state index is -1.12. The van der Waals surface area contributed by atoms with Gasteiger partial charge in [0.1, 0.15) is 0 Å². The fourth-order valence-electron chi connectivity index (χ4n) is 3.68. The van der Waals surface area contributed by atoms with E-state index in [-0.39, 0.29) is 12.3 Å². The van der Waals surface area contributed by atoms with Crippen LogP contribution in [0.1, 0.15) is 56.6 Å².